The summed E-state index contributed by atoms with van der Waals surface area (Å²) < 4.78 is 5.27. The van der Waals surface area contributed by atoms with Crippen molar-refractivity contribution < 1.29 is 14.0 Å². The summed E-state index contributed by atoms with van der Waals surface area (Å²) in [5, 5.41) is 8.81. The average Bonchev–Trinajstić information content (AvgIpc) is 3.42. The van der Waals surface area contributed by atoms with Crippen LogP contribution in [0.1, 0.15) is 36.4 Å². The summed E-state index contributed by atoms with van der Waals surface area (Å²) in [5.74, 6) is 0.749. The summed E-state index contributed by atoms with van der Waals surface area (Å²) in [5.41, 5.74) is 3.08. The third kappa shape index (κ3) is 5.27. The molecule has 1 fully saturated rings. The van der Waals surface area contributed by atoms with Gasteiger partial charge in [-0.3, -0.25) is 9.59 Å². The summed E-state index contributed by atoms with van der Waals surface area (Å²) in [4.78, 5) is 31.4. The number of amides is 2. The van der Waals surface area contributed by atoms with Gasteiger partial charge in [0.05, 0.1) is 12.0 Å². The highest BCUT2D eigenvalue weighted by Gasteiger charge is 2.29. The molecule has 1 aromatic carbocycles. The van der Waals surface area contributed by atoms with Crippen LogP contribution >= 0.6 is 0 Å². The number of hydrogen-bond donors (Lipinski definition) is 0. The van der Waals surface area contributed by atoms with Crippen molar-refractivity contribution in [3.8, 4) is 11.3 Å². The van der Waals surface area contributed by atoms with E-state index in [9.17, 15) is 9.59 Å². The molecule has 0 bridgehead atoms. The second kappa shape index (κ2) is 10.5. The molecule has 2 amide bonds. The number of aromatic nitrogens is 2. The minimum atomic E-state index is -0.254. The maximum Gasteiger partial charge on any atom is 0.290 e. The van der Waals surface area contributed by atoms with Crippen LogP contribution in [0.5, 0.6) is 0 Å². The van der Waals surface area contributed by atoms with Gasteiger partial charge < -0.3 is 19.1 Å². The lowest BCUT2D eigenvalue weighted by atomic mass is 10.1. The standard InChI is InChI=1S/C26H31N5O3/c1-4-20(3)31(26(33)23-6-5-17-34-23)18-25(32)30-15-13-29(14-16-30)24-12-11-22(27-28-24)21-9-7-19(2)8-10-21/h5-12,17,20H,4,13-16,18H2,1-3H3. The molecule has 1 unspecified atom stereocenters. The minimum Gasteiger partial charge on any atom is -0.459 e. The van der Waals surface area contributed by atoms with E-state index in [1.54, 1.807) is 17.0 Å². The van der Waals surface area contributed by atoms with Crippen molar-refractivity contribution in [3.05, 3.63) is 66.1 Å². The Kier molecular flexibility index (Phi) is 7.25. The van der Waals surface area contributed by atoms with Crippen molar-refractivity contribution in [2.75, 3.05) is 37.6 Å². The predicted molar refractivity (Wildman–Crippen MR) is 130 cm³/mol. The zero-order valence-electron chi connectivity index (χ0n) is 20.0. The van der Waals surface area contributed by atoms with Gasteiger partial charge in [-0.15, -0.1) is 10.2 Å². The smallest absolute Gasteiger partial charge is 0.290 e. The van der Waals surface area contributed by atoms with Crippen LogP contribution in [0.25, 0.3) is 11.3 Å². The molecular formula is C26H31N5O3. The maximum atomic E-state index is 13.0. The fourth-order valence-electron chi connectivity index (χ4n) is 3.99. The van der Waals surface area contributed by atoms with Gasteiger partial charge in [-0.05, 0) is 44.5 Å². The van der Waals surface area contributed by atoms with Crippen LogP contribution < -0.4 is 4.90 Å². The van der Waals surface area contributed by atoms with Crippen LogP contribution in [0.3, 0.4) is 0 Å². The third-order valence-corrected chi connectivity index (χ3v) is 6.38. The highest BCUT2D eigenvalue weighted by Crippen LogP contribution is 2.20. The summed E-state index contributed by atoms with van der Waals surface area (Å²) >= 11 is 0. The average molecular weight is 462 g/mol. The molecule has 0 spiro atoms. The number of hydrogen-bond acceptors (Lipinski definition) is 6. The molecule has 1 atom stereocenters. The molecule has 1 aliphatic rings. The Labute approximate surface area is 200 Å². The van der Waals surface area contributed by atoms with Crippen molar-refractivity contribution in [1.82, 2.24) is 20.0 Å². The monoisotopic (exact) mass is 461 g/mol. The number of piperazine rings is 1. The van der Waals surface area contributed by atoms with Gasteiger partial charge in [0.15, 0.2) is 11.6 Å². The van der Waals surface area contributed by atoms with Crippen LogP contribution in [0.2, 0.25) is 0 Å². The SMILES string of the molecule is CCC(C)N(CC(=O)N1CCN(c2ccc(-c3ccc(C)cc3)nn2)CC1)C(=O)c1ccco1. The number of carbonyl (C=O) groups excluding carboxylic acids is 2. The largest absolute Gasteiger partial charge is 0.459 e. The zero-order valence-corrected chi connectivity index (χ0v) is 20.0. The van der Waals surface area contributed by atoms with Crippen molar-refractivity contribution in [2.24, 2.45) is 0 Å². The Balaban J connectivity index is 1.34. The fraction of sp³-hybridized carbons (Fsp3) is 0.385. The van der Waals surface area contributed by atoms with E-state index in [-0.39, 0.29) is 30.2 Å². The van der Waals surface area contributed by atoms with Crippen molar-refractivity contribution in [1.29, 1.82) is 0 Å². The number of nitrogens with zero attached hydrogens (tertiary/aromatic N) is 5. The summed E-state index contributed by atoms with van der Waals surface area (Å²) in [6.45, 7) is 8.53. The van der Waals surface area contributed by atoms with Crippen LogP contribution in [-0.4, -0.2) is 70.6 Å². The molecule has 4 rings (SSSR count). The van der Waals surface area contributed by atoms with E-state index in [0.717, 1.165) is 23.5 Å². The van der Waals surface area contributed by atoms with Gasteiger partial charge in [0.2, 0.25) is 5.91 Å². The molecule has 3 heterocycles. The van der Waals surface area contributed by atoms with Crippen LogP contribution in [0.4, 0.5) is 5.82 Å². The van der Waals surface area contributed by atoms with Crippen molar-refractivity contribution in [3.63, 3.8) is 0 Å². The van der Waals surface area contributed by atoms with E-state index in [1.165, 1.54) is 11.8 Å². The first-order valence-electron chi connectivity index (χ1n) is 11.7. The minimum absolute atomic E-state index is 0.0413. The molecular weight excluding hydrogens is 430 g/mol. The second-order valence-electron chi connectivity index (χ2n) is 8.68. The van der Waals surface area contributed by atoms with Gasteiger partial charge in [0, 0.05) is 37.8 Å². The van der Waals surface area contributed by atoms with E-state index in [1.807, 2.05) is 43.0 Å². The Bertz CT molecular complexity index is 1090. The second-order valence-corrected chi connectivity index (χ2v) is 8.68. The van der Waals surface area contributed by atoms with Gasteiger partial charge in [0.25, 0.3) is 5.91 Å². The Morgan fingerprint density at radius 3 is 2.35 bits per heavy atom. The topological polar surface area (TPSA) is 82.8 Å². The van der Waals surface area contributed by atoms with E-state index < -0.39 is 0 Å². The lowest BCUT2D eigenvalue weighted by Gasteiger charge is -2.37. The van der Waals surface area contributed by atoms with Crippen LogP contribution in [0.15, 0.2) is 59.2 Å². The number of rotatable bonds is 7. The first-order chi connectivity index (χ1) is 16.5. The first kappa shape index (κ1) is 23.5. The number of anilines is 1. The number of furan rings is 1. The lowest BCUT2D eigenvalue weighted by Crippen LogP contribution is -2.53. The Hall–Kier alpha value is -3.68. The Morgan fingerprint density at radius 2 is 1.76 bits per heavy atom. The fourth-order valence-corrected chi connectivity index (χ4v) is 3.99. The molecule has 0 aliphatic carbocycles. The lowest BCUT2D eigenvalue weighted by molar-refractivity contribution is -0.132. The van der Waals surface area contributed by atoms with E-state index in [2.05, 4.69) is 34.2 Å². The molecule has 1 aliphatic heterocycles. The van der Waals surface area contributed by atoms with Gasteiger partial charge >= 0.3 is 0 Å². The molecule has 0 saturated carbocycles. The summed E-state index contributed by atoms with van der Waals surface area (Å²) in [7, 11) is 0. The van der Waals surface area contributed by atoms with E-state index in [0.29, 0.717) is 26.2 Å². The molecule has 178 valence electrons. The van der Waals surface area contributed by atoms with E-state index >= 15 is 0 Å². The molecule has 8 nitrogen and oxygen atoms in total. The summed E-state index contributed by atoms with van der Waals surface area (Å²) in [6, 6.07) is 15.4. The predicted octanol–water partition coefficient (Wildman–Crippen LogP) is 3.63. The van der Waals surface area contributed by atoms with Crippen LogP contribution in [-0.2, 0) is 4.79 Å². The van der Waals surface area contributed by atoms with E-state index in [4.69, 9.17) is 4.42 Å². The number of carbonyl (C=O) groups is 2. The highest BCUT2D eigenvalue weighted by molar-refractivity contribution is 5.94. The van der Waals surface area contributed by atoms with Gasteiger partial charge in [-0.25, -0.2) is 0 Å². The summed E-state index contributed by atoms with van der Waals surface area (Å²) in [6.07, 6.45) is 2.23. The number of benzene rings is 1. The van der Waals surface area contributed by atoms with Crippen molar-refractivity contribution in [2.45, 2.75) is 33.2 Å². The zero-order chi connectivity index (χ0) is 24.1. The molecule has 0 N–H and O–H groups in total. The van der Waals surface area contributed by atoms with Crippen LogP contribution in [0, 0.1) is 6.92 Å². The molecule has 2 aromatic heterocycles. The molecule has 8 heteroatoms. The normalized spacial score (nSPS) is 14.7. The van der Waals surface area contributed by atoms with Gasteiger partial charge in [0.1, 0.15) is 6.54 Å². The molecule has 0 radical (unpaired) electrons. The highest BCUT2D eigenvalue weighted by atomic mass is 16.3. The molecule has 34 heavy (non-hydrogen) atoms. The quantitative estimate of drug-likeness (QED) is 0.534. The molecule has 3 aromatic rings. The Morgan fingerprint density at radius 1 is 1.03 bits per heavy atom. The third-order valence-electron chi connectivity index (χ3n) is 6.38. The van der Waals surface area contributed by atoms with Crippen molar-refractivity contribution >= 4 is 17.6 Å². The van der Waals surface area contributed by atoms with Gasteiger partial charge in [-0.1, -0.05) is 36.8 Å². The first-order valence-corrected chi connectivity index (χ1v) is 11.7. The number of aryl methyl sites for hydroxylation is 1. The van der Waals surface area contributed by atoms with Gasteiger partial charge in [-0.2, -0.15) is 0 Å². The molecule has 1 saturated heterocycles. The maximum absolute atomic E-state index is 13.0.